The molecule has 2 aromatic rings. The highest BCUT2D eigenvalue weighted by atomic mass is 32.2. The maximum atomic E-state index is 13.2. The average molecular weight is 490 g/mol. The average Bonchev–Trinajstić information content (AvgIpc) is 3.07. The maximum Gasteiger partial charge on any atom is 0.243 e. The van der Waals surface area contributed by atoms with Gasteiger partial charge in [-0.25, -0.2) is 8.42 Å². The number of carbonyl (C=O) groups is 1. The van der Waals surface area contributed by atoms with Crippen molar-refractivity contribution in [3.63, 3.8) is 0 Å². The van der Waals surface area contributed by atoms with Crippen LogP contribution in [-0.2, 0) is 40.6 Å². The Hall–Kier alpha value is -1.91. The van der Waals surface area contributed by atoms with Crippen LogP contribution in [0.3, 0.4) is 0 Å². The summed E-state index contributed by atoms with van der Waals surface area (Å²) in [6.45, 7) is 2.41. The lowest BCUT2D eigenvalue weighted by Gasteiger charge is -2.34. The summed E-state index contributed by atoms with van der Waals surface area (Å²) < 4.78 is 30.1. The van der Waals surface area contributed by atoms with E-state index in [0.717, 1.165) is 56.1 Å². The highest BCUT2D eigenvalue weighted by Gasteiger charge is 2.31. The first-order valence-electron chi connectivity index (χ1n) is 12.0. The third kappa shape index (κ3) is 4.83. The predicted octanol–water partition coefficient (Wildman–Crippen LogP) is 2.51. The van der Waals surface area contributed by atoms with E-state index < -0.39 is 10.0 Å². The second kappa shape index (κ2) is 9.76. The van der Waals surface area contributed by atoms with Crippen LogP contribution in [0.4, 0.5) is 0 Å². The zero-order valence-corrected chi connectivity index (χ0v) is 20.5. The van der Waals surface area contributed by atoms with E-state index in [9.17, 15) is 13.2 Å². The van der Waals surface area contributed by atoms with E-state index >= 15 is 0 Å². The summed E-state index contributed by atoms with van der Waals surface area (Å²) in [5, 5.41) is 9.39. The minimum Gasteiger partial charge on any atom is -0.339 e. The lowest BCUT2D eigenvalue weighted by Crippen LogP contribution is -2.51. The zero-order chi connectivity index (χ0) is 22.8. The SMILES string of the molecule is O=C(CSc1nnc2n1CCCCC2)N1CCN(S(=O)(=O)c2ccc3c(c2)CCCC3)CC1. The molecule has 1 amide bonds. The van der Waals surface area contributed by atoms with Gasteiger partial charge in [-0.15, -0.1) is 10.2 Å². The van der Waals surface area contributed by atoms with Crippen molar-refractivity contribution in [1.29, 1.82) is 0 Å². The van der Waals surface area contributed by atoms with E-state index in [4.69, 9.17) is 0 Å². The van der Waals surface area contributed by atoms with E-state index in [1.54, 1.807) is 11.0 Å². The summed E-state index contributed by atoms with van der Waals surface area (Å²) in [7, 11) is -3.54. The molecule has 0 radical (unpaired) electrons. The molecule has 8 nitrogen and oxygen atoms in total. The van der Waals surface area contributed by atoms with Crippen molar-refractivity contribution in [2.24, 2.45) is 0 Å². The van der Waals surface area contributed by atoms with Crippen LogP contribution in [0.15, 0.2) is 28.3 Å². The standard InChI is InChI=1S/C23H31N5O3S2/c29-22(17-32-23-25-24-21-8-2-1-5-11-28(21)23)26-12-14-27(15-13-26)33(30,31)20-10-9-18-6-3-4-7-19(18)16-20/h9-10,16H,1-8,11-15,17H2. The Morgan fingerprint density at radius 3 is 2.45 bits per heavy atom. The van der Waals surface area contributed by atoms with Crippen molar-refractivity contribution >= 4 is 27.7 Å². The zero-order valence-electron chi connectivity index (χ0n) is 18.9. The van der Waals surface area contributed by atoms with Crippen LogP contribution in [0.1, 0.15) is 49.1 Å². The topological polar surface area (TPSA) is 88.4 Å². The number of aryl methyl sites for hydroxylation is 3. The molecule has 1 aromatic heterocycles. The highest BCUT2D eigenvalue weighted by molar-refractivity contribution is 7.99. The van der Waals surface area contributed by atoms with Crippen molar-refractivity contribution < 1.29 is 13.2 Å². The number of fused-ring (bicyclic) bond motifs is 2. The van der Waals surface area contributed by atoms with Crippen molar-refractivity contribution in [2.45, 2.75) is 68.0 Å². The van der Waals surface area contributed by atoms with Crippen LogP contribution in [0.25, 0.3) is 0 Å². The predicted molar refractivity (Wildman–Crippen MR) is 127 cm³/mol. The molecule has 0 atom stereocenters. The van der Waals surface area contributed by atoms with Gasteiger partial charge in [0.05, 0.1) is 10.6 Å². The van der Waals surface area contributed by atoms with Gasteiger partial charge in [-0.3, -0.25) is 4.79 Å². The van der Waals surface area contributed by atoms with Gasteiger partial charge in [-0.05, 0) is 61.8 Å². The highest BCUT2D eigenvalue weighted by Crippen LogP contribution is 2.27. The molecular formula is C23H31N5O3S2. The Bertz CT molecular complexity index is 1120. The van der Waals surface area contributed by atoms with Gasteiger partial charge in [0.25, 0.3) is 0 Å². The van der Waals surface area contributed by atoms with E-state index in [1.807, 2.05) is 12.1 Å². The van der Waals surface area contributed by atoms with Crippen LogP contribution in [0, 0.1) is 0 Å². The summed E-state index contributed by atoms with van der Waals surface area (Å²) >= 11 is 1.44. The molecule has 0 saturated carbocycles. The summed E-state index contributed by atoms with van der Waals surface area (Å²) in [4.78, 5) is 14.9. The second-order valence-electron chi connectivity index (χ2n) is 9.07. The van der Waals surface area contributed by atoms with Crippen molar-refractivity contribution in [1.82, 2.24) is 24.0 Å². The molecule has 0 unspecified atom stereocenters. The minimum absolute atomic E-state index is 0.0248. The fourth-order valence-corrected chi connectivity index (χ4v) is 7.34. The van der Waals surface area contributed by atoms with Crippen molar-refractivity contribution in [2.75, 3.05) is 31.9 Å². The molecule has 1 fully saturated rings. The van der Waals surface area contributed by atoms with Gasteiger partial charge in [-0.2, -0.15) is 4.31 Å². The smallest absolute Gasteiger partial charge is 0.243 e. The molecule has 0 spiro atoms. The van der Waals surface area contributed by atoms with E-state index in [2.05, 4.69) is 14.8 Å². The summed E-state index contributed by atoms with van der Waals surface area (Å²) in [6, 6.07) is 5.58. The van der Waals surface area contributed by atoms with E-state index in [-0.39, 0.29) is 5.91 Å². The summed E-state index contributed by atoms with van der Waals surface area (Å²) in [6.07, 6.45) is 8.68. The van der Waals surface area contributed by atoms with Crippen LogP contribution in [0.5, 0.6) is 0 Å². The van der Waals surface area contributed by atoms with Crippen molar-refractivity contribution in [3.8, 4) is 0 Å². The quantitative estimate of drug-likeness (QED) is 0.600. The Morgan fingerprint density at radius 2 is 1.64 bits per heavy atom. The molecule has 1 aliphatic carbocycles. The monoisotopic (exact) mass is 489 g/mol. The van der Waals surface area contributed by atoms with E-state index in [0.29, 0.717) is 36.8 Å². The number of carbonyl (C=O) groups excluding carboxylic acids is 1. The van der Waals surface area contributed by atoms with Crippen LogP contribution < -0.4 is 0 Å². The summed E-state index contributed by atoms with van der Waals surface area (Å²) in [5.74, 6) is 1.34. The molecule has 3 heterocycles. The number of aromatic nitrogens is 3. The molecule has 0 N–H and O–H groups in total. The molecule has 10 heteroatoms. The Kier molecular flexibility index (Phi) is 6.76. The molecule has 5 rings (SSSR count). The first-order chi connectivity index (χ1) is 16.0. The third-order valence-electron chi connectivity index (χ3n) is 6.95. The molecule has 2 aliphatic heterocycles. The number of piperazine rings is 1. The van der Waals surface area contributed by atoms with Crippen LogP contribution in [-0.4, -0.2) is 70.2 Å². The molecule has 178 valence electrons. The lowest BCUT2D eigenvalue weighted by atomic mass is 9.92. The molecule has 3 aliphatic rings. The Morgan fingerprint density at radius 1 is 0.879 bits per heavy atom. The third-order valence-corrected chi connectivity index (χ3v) is 9.80. The number of hydrogen-bond donors (Lipinski definition) is 0. The molecule has 0 bridgehead atoms. The normalized spacial score (nSPS) is 19.6. The van der Waals surface area contributed by atoms with Crippen LogP contribution >= 0.6 is 11.8 Å². The van der Waals surface area contributed by atoms with Gasteiger partial charge in [-0.1, -0.05) is 24.2 Å². The maximum absolute atomic E-state index is 13.2. The van der Waals surface area contributed by atoms with Gasteiger partial charge >= 0.3 is 0 Å². The number of hydrogen-bond acceptors (Lipinski definition) is 6. The van der Waals surface area contributed by atoms with Crippen molar-refractivity contribution in [3.05, 3.63) is 35.2 Å². The minimum atomic E-state index is -3.54. The number of nitrogens with zero attached hydrogens (tertiary/aromatic N) is 5. The summed E-state index contributed by atoms with van der Waals surface area (Å²) in [5.41, 5.74) is 2.44. The first kappa shape index (κ1) is 22.9. The second-order valence-corrected chi connectivity index (χ2v) is 12.0. The number of thioether (sulfide) groups is 1. The Labute approximate surface area is 199 Å². The van der Waals surface area contributed by atoms with Gasteiger partial charge in [0, 0.05) is 39.1 Å². The number of benzene rings is 1. The van der Waals surface area contributed by atoms with E-state index in [1.165, 1.54) is 40.0 Å². The van der Waals surface area contributed by atoms with Crippen LogP contribution in [0.2, 0.25) is 0 Å². The van der Waals surface area contributed by atoms with Gasteiger partial charge < -0.3 is 9.47 Å². The first-order valence-corrected chi connectivity index (χ1v) is 14.4. The fourth-order valence-electron chi connectivity index (χ4n) is 4.98. The van der Waals surface area contributed by atoms with Gasteiger partial charge in [0.2, 0.25) is 15.9 Å². The van der Waals surface area contributed by atoms with Gasteiger partial charge in [0.1, 0.15) is 5.82 Å². The number of amides is 1. The number of sulfonamides is 1. The molecule has 33 heavy (non-hydrogen) atoms. The Balaban J connectivity index is 1.17. The lowest BCUT2D eigenvalue weighted by molar-refractivity contribution is -0.129. The number of rotatable bonds is 5. The molecule has 1 saturated heterocycles. The molecule has 1 aromatic carbocycles. The fraction of sp³-hybridized carbons (Fsp3) is 0.609. The molecular weight excluding hydrogens is 458 g/mol. The largest absolute Gasteiger partial charge is 0.339 e. The van der Waals surface area contributed by atoms with Gasteiger partial charge in [0.15, 0.2) is 5.16 Å².